The summed E-state index contributed by atoms with van der Waals surface area (Å²) in [5.41, 5.74) is 3.36. The van der Waals surface area contributed by atoms with E-state index in [-0.39, 0.29) is 5.75 Å². The number of benzene rings is 2. The molecule has 0 bridgehead atoms. The van der Waals surface area contributed by atoms with Crippen molar-refractivity contribution in [3.8, 4) is 5.75 Å². The Morgan fingerprint density at radius 1 is 1.00 bits per heavy atom. The van der Waals surface area contributed by atoms with Gasteiger partial charge >= 0.3 is 7.60 Å². The molecule has 33 heavy (non-hydrogen) atoms. The lowest BCUT2D eigenvalue weighted by atomic mass is 10.2. The highest BCUT2D eigenvalue weighted by molar-refractivity contribution is 7.62. The van der Waals surface area contributed by atoms with Crippen molar-refractivity contribution in [3.05, 3.63) is 66.1 Å². The maximum atomic E-state index is 14.5. The first-order valence-corrected chi connectivity index (χ1v) is 12.6. The van der Waals surface area contributed by atoms with Crippen molar-refractivity contribution in [2.24, 2.45) is 0 Å². The van der Waals surface area contributed by atoms with Crippen LogP contribution >= 0.6 is 7.60 Å². The van der Waals surface area contributed by atoms with Crippen LogP contribution in [0.3, 0.4) is 0 Å². The summed E-state index contributed by atoms with van der Waals surface area (Å²) in [6, 6.07) is 14.3. The van der Waals surface area contributed by atoms with E-state index < -0.39 is 13.4 Å². The third-order valence-electron chi connectivity index (χ3n) is 5.08. The van der Waals surface area contributed by atoms with E-state index in [0.29, 0.717) is 25.1 Å². The second kappa shape index (κ2) is 10.9. The Kier molecular flexibility index (Phi) is 8.25. The molecular weight excluding hydrogens is 442 g/mol. The SMILES string of the molecule is CC.CCOP(=O)(OCC)c1ccc(Cn2c3cc(F)c(OC)cc3c3ncccc32)cc1. The van der Waals surface area contributed by atoms with E-state index in [2.05, 4.69) is 4.98 Å². The molecule has 2 aromatic heterocycles. The van der Waals surface area contributed by atoms with Crippen LogP contribution in [0.1, 0.15) is 33.3 Å². The molecule has 176 valence electrons. The van der Waals surface area contributed by atoms with Crippen LogP contribution in [0.15, 0.2) is 54.7 Å². The second-order valence-electron chi connectivity index (χ2n) is 6.96. The molecule has 0 spiro atoms. The van der Waals surface area contributed by atoms with Gasteiger partial charge in [0.1, 0.15) is 0 Å². The predicted molar refractivity (Wildman–Crippen MR) is 131 cm³/mol. The number of nitrogens with zero attached hydrogens (tertiary/aromatic N) is 2. The minimum atomic E-state index is -3.34. The molecule has 0 amide bonds. The number of fused-ring (bicyclic) bond motifs is 3. The smallest absolute Gasteiger partial charge is 0.361 e. The minimum absolute atomic E-state index is 0.184. The standard InChI is InChI=1S/C23H24FN2O4P.C2H6/c1-4-29-31(27,30-5-2)17-10-8-16(9-11-17)15-26-20-7-6-12-25-23(20)18-13-22(28-3)19(24)14-21(18)26;1-2/h6-14H,4-5,15H2,1-3H3;1-2H3. The highest BCUT2D eigenvalue weighted by Crippen LogP contribution is 2.46. The molecule has 0 aliphatic carbocycles. The van der Waals surface area contributed by atoms with Crippen LogP contribution in [0.5, 0.6) is 5.75 Å². The molecule has 0 atom stereocenters. The van der Waals surface area contributed by atoms with Gasteiger partial charge in [-0.2, -0.15) is 0 Å². The first-order chi connectivity index (χ1) is 16.0. The van der Waals surface area contributed by atoms with Crippen LogP contribution in [-0.4, -0.2) is 29.9 Å². The molecule has 6 nitrogen and oxygen atoms in total. The topological polar surface area (TPSA) is 62.6 Å². The van der Waals surface area contributed by atoms with Crippen molar-refractivity contribution >= 4 is 34.8 Å². The number of pyridine rings is 1. The molecule has 8 heteroatoms. The number of aromatic nitrogens is 2. The van der Waals surface area contributed by atoms with Crippen LogP contribution in [0.4, 0.5) is 4.39 Å². The van der Waals surface area contributed by atoms with Crippen LogP contribution in [0.2, 0.25) is 0 Å². The lowest BCUT2D eigenvalue weighted by Gasteiger charge is -2.17. The van der Waals surface area contributed by atoms with Gasteiger partial charge in [-0.25, -0.2) is 4.39 Å². The fourth-order valence-electron chi connectivity index (χ4n) is 3.73. The van der Waals surface area contributed by atoms with Crippen molar-refractivity contribution < 1.29 is 22.7 Å². The highest BCUT2D eigenvalue weighted by Gasteiger charge is 2.26. The summed E-state index contributed by atoms with van der Waals surface area (Å²) in [7, 11) is -1.89. The Balaban J connectivity index is 0.00000149. The number of hydrogen-bond donors (Lipinski definition) is 0. The summed E-state index contributed by atoms with van der Waals surface area (Å²) in [6.45, 7) is 8.64. The molecule has 4 aromatic rings. The van der Waals surface area contributed by atoms with Crippen LogP contribution in [0.25, 0.3) is 21.9 Å². The zero-order valence-electron chi connectivity index (χ0n) is 19.7. The number of rotatable bonds is 8. The van der Waals surface area contributed by atoms with Crippen LogP contribution < -0.4 is 10.0 Å². The van der Waals surface area contributed by atoms with Crippen LogP contribution in [-0.2, 0) is 20.2 Å². The van der Waals surface area contributed by atoms with Gasteiger partial charge < -0.3 is 18.4 Å². The molecule has 0 aliphatic rings. The van der Waals surface area contributed by atoms with Gasteiger partial charge in [-0.05, 0) is 49.7 Å². The number of methoxy groups -OCH3 is 1. The summed E-state index contributed by atoms with van der Waals surface area (Å²) in [5, 5.41) is 1.34. The van der Waals surface area contributed by atoms with Crippen molar-refractivity contribution in [2.75, 3.05) is 20.3 Å². The van der Waals surface area contributed by atoms with Crippen molar-refractivity contribution in [1.29, 1.82) is 0 Å². The van der Waals surface area contributed by atoms with Gasteiger partial charge in [0, 0.05) is 24.2 Å². The van der Waals surface area contributed by atoms with Gasteiger partial charge in [-0.1, -0.05) is 26.0 Å². The molecule has 0 saturated carbocycles. The Hall–Kier alpha value is -2.73. The molecule has 0 unspecified atom stereocenters. The zero-order valence-corrected chi connectivity index (χ0v) is 20.6. The van der Waals surface area contributed by atoms with Gasteiger partial charge in [0.15, 0.2) is 11.6 Å². The molecule has 0 radical (unpaired) electrons. The minimum Gasteiger partial charge on any atom is -0.494 e. The summed E-state index contributed by atoms with van der Waals surface area (Å²) in [6.07, 6.45) is 1.72. The number of hydrogen-bond acceptors (Lipinski definition) is 5. The second-order valence-corrected chi connectivity index (χ2v) is 8.99. The van der Waals surface area contributed by atoms with Crippen molar-refractivity contribution in [1.82, 2.24) is 9.55 Å². The molecule has 0 N–H and O–H groups in total. The van der Waals surface area contributed by atoms with Gasteiger partial charge in [0.05, 0.1) is 42.2 Å². The van der Waals surface area contributed by atoms with Gasteiger partial charge in [-0.15, -0.1) is 0 Å². The lowest BCUT2D eigenvalue weighted by Crippen LogP contribution is -2.11. The quantitative estimate of drug-likeness (QED) is 0.282. The van der Waals surface area contributed by atoms with E-state index in [1.165, 1.54) is 13.2 Å². The average molecular weight is 472 g/mol. The predicted octanol–water partition coefficient (Wildman–Crippen LogP) is 6.30. The van der Waals surface area contributed by atoms with E-state index in [0.717, 1.165) is 27.5 Å². The third kappa shape index (κ3) is 4.96. The number of ether oxygens (including phenoxy) is 1. The molecule has 0 saturated heterocycles. The largest absolute Gasteiger partial charge is 0.494 e. The average Bonchev–Trinajstić information content (AvgIpc) is 3.13. The molecule has 4 rings (SSSR count). The first kappa shape index (κ1) is 24.9. The van der Waals surface area contributed by atoms with Crippen molar-refractivity contribution in [3.63, 3.8) is 0 Å². The van der Waals surface area contributed by atoms with E-state index in [9.17, 15) is 8.96 Å². The Morgan fingerprint density at radius 2 is 1.67 bits per heavy atom. The fourth-order valence-corrected chi connectivity index (χ4v) is 5.29. The third-order valence-corrected chi connectivity index (χ3v) is 7.21. The Labute approximate surface area is 193 Å². The summed E-state index contributed by atoms with van der Waals surface area (Å²) < 4.78 is 45.5. The van der Waals surface area contributed by atoms with E-state index in [1.807, 2.05) is 42.7 Å². The van der Waals surface area contributed by atoms with Gasteiger partial charge in [0.25, 0.3) is 0 Å². The lowest BCUT2D eigenvalue weighted by molar-refractivity contribution is 0.230. The molecule has 2 heterocycles. The number of halogens is 1. The Morgan fingerprint density at radius 3 is 2.27 bits per heavy atom. The monoisotopic (exact) mass is 472 g/mol. The van der Waals surface area contributed by atoms with E-state index in [1.54, 1.807) is 38.2 Å². The summed E-state index contributed by atoms with van der Waals surface area (Å²) in [4.78, 5) is 4.50. The van der Waals surface area contributed by atoms with Gasteiger partial charge in [0.2, 0.25) is 0 Å². The van der Waals surface area contributed by atoms with Crippen LogP contribution in [0, 0.1) is 5.82 Å². The molecule has 0 aliphatic heterocycles. The maximum absolute atomic E-state index is 14.5. The fraction of sp³-hybridized carbons (Fsp3) is 0.320. The highest BCUT2D eigenvalue weighted by atomic mass is 31.2. The summed E-state index contributed by atoms with van der Waals surface area (Å²) in [5.74, 6) is -0.243. The molecule has 2 aromatic carbocycles. The molecule has 0 fully saturated rings. The first-order valence-electron chi connectivity index (χ1n) is 11.1. The normalized spacial score (nSPS) is 11.5. The zero-order chi connectivity index (χ0) is 24.0. The van der Waals surface area contributed by atoms with E-state index >= 15 is 0 Å². The van der Waals surface area contributed by atoms with E-state index in [4.69, 9.17) is 13.8 Å². The summed E-state index contributed by atoms with van der Waals surface area (Å²) >= 11 is 0. The van der Waals surface area contributed by atoms with Gasteiger partial charge in [-0.3, -0.25) is 9.55 Å². The Bertz CT molecular complexity index is 1260. The maximum Gasteiger partial charge on any atom is 0.361 e. The van der Waals surface area contributed by atoms with Crippen molar-refractivity contribution in [2.45, 2.75) is 34.2 Å². The molecular formula is C25H30FN2O4P.